The number of likely N-dealkylation sites (tertiary alicyclic amines) is 1. The maximum atomic E-state index is 12.2. The topological polar surface area (TPSA) is 54.7 Å². The largest absolute Gasteiger partial charge is 0.468 e. The minimum Gasteiger partial charge on any atom is -0.468 e. The van der Waals surface area contributed by atoms with Crippen molar-refractivity contribution < 1.29 is 13.9 Å². The van der Waals surface area contributed by atoms with E-state index in [-0.39, 0.29) is 18.2 Å². The first kappa shape index (κ1) is 15.9. The second-order valence-corrected chi connectivity index (χ2v) is 6.62. The maximum absolute atomic E-state index is 12.2. The summed E-state index contributed by atoms with van der Waals surface area (Å²) >= 11 is 0. The van der Waals surface area contributed by atoms with Crippen molar-refractivity contribution in [1.29, 1.82) is 0 Å². The zero-order valence-corrected chi connectivity index (χ0v) is 13.4. The number of nitrogens with zero attached hydrogens (tertiary/aromatic N) is 1. The van der Waals surface area contributed by atoms with Gasteiger partial charge in [0.15, 0.2) is 0 Å². The van der Waals surface area contributed by atoms with Gasteiger partial charge in [-0.25, -0.2) is 4.79 Å². The molecule has 21 heavy (non-hydrogen) atoms. The monoisotopic (exact) mass is 294 g/mol. The molecule has 2 heterocycles. The van der Waals surface area contributed by atoms with E-state index in [1.165, 1.54) is 0 Å². The molecule has 1 N–H and O–H groups in total. The first-order valence-corrected chi connectivity index (χ1v) is 7.63. The van der Waals surface area contributed by atoms with E-state index in [0.29, 0.717) is 0 Å². The number of rotatable bonds is 4. The van der Waals surface area contributed by atoms with Crippen LogP contribution in [-0.4, -0.2) is 35.7 Å². The lowest BCUT2D eigenvalue weighted by molar-refractivity contribution is 0.0224. The fraction of sp³-hybridized carbons (Fsp3) is 0.688. The maximum Gasteiger partial charge on any atom is 0.410 e. The van der Waals surface area contributed by atoms with Crippen molar-refractivity contribution >= 4 is 6.09 Å². The minimum absolute atomic E-state index is 0.140. The van der Waals surface area contributed by atoms with Gasteiger partial charge in [0, 0.05) is 19.1 Å². The lowest BCUT2D eigenvalue weighted by Crippen LogP contribution is -2.44. The Balaban J connectivity index is 1.86. The molecule has 1 aliphatic rings. The summed E-state index contributed by atoms with van der Waals surface area (Å²) in [6.07, 6.45) is 3.51. The van der Waals surface area contributed by atoms with Crippen LogP contribution in [-0.2, 0) is 4.74 Å². The van der Waals surface area contributed by atoms with E-state index in [4.69, 9.17) is 9.15 Å². The van der Waals surface area contributed by atoms with E-state index < -0.39 is 5.60 Å². The Hall–Kier alpha value is -1.49. The molecule has 1 aliphatic heterocycles. The molecule has 0 aromatic carbocycles. The average molecular weight is 294 g/mol. The van der Waals surface area contributed by atoms with Crippen LogP contribution < -0.4 is 5.32 Å². The van der Waals surface area contributed by atoms with Gasteiger partial charge in [0.05, 0.1) is 12.3 Å². The third-order valence-corrected chi connectivity index (χ3v) is 3.63. The van der Waals surface area contributed by atoms with Crippen LogP contribution in [0.3, 0.4) is 0 Å². The molecule has 1 fully saturated rings. The molecule has 0 unspecified atom stereocenters. The molecule has 0 radical (unpaired) electrons. The van der Waals surface area contributed by atoms with Gasteiger partial charge in [-0.3, -0.25) is 0 Å². The zero-order valence-electron chi connectivity index (χ0n) is 13.4. The summed E-state index contributed by atoms with van der Waals surface area (Å²) in [6.45, 7) is 9.27. The molecule has 0 saturated carbocycles. The van der Waals surface area contributed by atoms with E-state index in [1.54, 1.807) is 6.26 Å². The SMILES string of the molecule is C[C@@H](NC[C@H]1CCCN1C(=O)OC(C)(C)C)c1ccco1. The number of hydrogen-bond donors (Lipinski definition) is 1. The van der Waals surface area contributed by atoms with Gasteiger partial charge >= 0.3 is 6.09 Å². The molecular weight excluding hydrogens is 268 g/mol. The number of furan rings is 1. The van der Waals surface area contributed by atoms with Crippen molar-refractivity contribution in [2.45, 2.75) is 58.2 Å². The Bertz CT molecular complexity index is 451. The van der Waals surface area contributed by atoms with E-state index in [2.05, 4.69) is 12.2 Å². The predicted octanol–water partition coefficient (Wildman–Crippen LogP) is 3.33. The van der Waals surface area contributed by atoms with Crippen molar-refractivity contribution in [3.05, 3.63) is 24.2 Å². The van der Waals surface area contributed by atoms with Crippen molar-refractivity contribution in [3.63, 3.8) is 0 Å². The summed E-state index contributed by atoms with van der Waals surface area (Å²) in [5.41, 5.74) is -0.445. The highest BCUT2D eigenvalue weighted by atomic mass is 16.6. The molecule has 118 valence electrons. The summed E-state index contributed by atoms with van der Waals surface area (Å²) in [7, 11) is 0. The highest BCUT2D eigenvalue weighted by Gasteiger charge is 2.32. The van der Waals surface area contributed by atoms with Crippen LogP contribution in [0, 0.1) is 0 Å². The van der Waals surface area contributed by atoms with Crippen LogP contribution in [0.2, 0.25) is 0 Å². The molecule has 1 amide bonds. The van der Waals surface area contributed by atoms with E-state index in [0.717, 1.165) is 31.7 Å². The molecule has 1 aromatic heterocycles. The van der Waals surface area contributed by atoms with Crippen LogP contribution in [0.25, 0.3) is 0 Å². The van der Waals surface area contributed by atoms with Crippen LogP contribution >= 0.6 is 0 Å². The smallest absolute Gasteiger partial charge is 0.410 e. The molecule has 0 aliphatic carbocycles. The first-order chi connectivity index (χ1) is 9.87. The summed E-state index contributed by atoms with van der Waals surface area (Å²) in [5, 5.41) is 3.43. The van der Waals surface area contributed by atoms with E-state index in [1.807, 2.05) is 37.8 Å². The number of ether oxygens (including phenoxy) is 1. The van der Waals surface area contributed by atoms with Crippen LogP contribution in [0.5, 0.6) is 0 Å². The lowest BCUT2D eigenvalue weighted by Gasteiger charge is -2.29. The normalized spacial score (nSPS) is 20.6. The number of nitrogens with one attached hydrogen (secondary N) is 1. The summed E-state index contributed by atoms with van der Waals surface area (Å²) < 4.78 is 10.9. The lowest BCUT2D eigenvalue weighted by atomic mass is 10.2. The molecule has 5 nitrogen and oxygen atoms in total. The van der Waals surface area contributed by atoms with Gasteiger partial charge in [-0.05, 0) is 52.7 Å². The summed E-state index contributed by atoms with van der Waals surface area (Å²) in [4.78, 5) is 14.0. The van der Waals surface area contributed by atoms with Crippen molar-refractivity contribution in [3.8, 4) is 0 Å². The summed E-state index contributed by atoms with van der Waals surface area (Å²) in [6, 6.07) is 4.17. The second kappa shape index (κ2) is 6.52. The van der Waals surface area contributed by atoms with E-state index >= 15 is 0 Å². The highest BCUT2D eigenvalue weighted by molar-refractivity contribution is 5.69. The third kappa shape index (κ3) is 4.49. The molecule has 0 bridgehead atoms. The number of carbonyl (C=O) groups is 1. The third-order valence-electron chi connectivity index (χ3n) is 3.63. The Kier molecular flexibility index (Phi) is 4.93. The molecule has 0 spiro atoms. The molecule has 2 atom stereocenters. The number of hydrogen-bond acceptors (Lipinski definition) is 4. The molecule has 1 saturated heterocycles. The quantitative estimate of drug-likeness (QED) is 0.925. The predicted molar refractivity (Wildman–Crippen MR) is 81.1 cm³/mol. The van der Waals surface area contributed by atoms with Crippen molar-refractivity contribution in [2.75, 3.05) is 13.1 Å². The van der Waals surface area contributed by atoms with Gasteiger partial charge in [0.25, 0.3) is 0 Å². The van der Waals surface area contributed by atoms with Gasteiger partial charge in [-0.2, -0.15) is 0 Å². The van der Waals surface area contributed by atoms with Crippen LogP contribution in [0.4, 0.5) is 4.79 Å². The Morgan fingerprint density at radius 2 is 2.33 bits per heavy atom. The van der Waals surface area contributed by atoms with Crippen LogP contribution in [0.1, 0.15) is 52.3 Å². The summed E-state index contributed by atoms with van der Waals surface area (Å²) in [5.74, 6) is 0.914. The van der Waals surface area contributed by atoms with Gasteiger partial charge in [0.2, 0.25) is 0 Å². The second-order valence-electron chi connectivity index (χ2n) is 6.62. The first-order valence-electron chi connectivity index (χ1n) is 7.63. The molecular formula is C16H26N2O3. The van der Waals surface area contributed by atoms with Gasteiger partial charge < -0.3 is 19.4 Å². The van der Waals surface area contributed by atoms with Gasteiger partial charge in [-0.1, -0.05) is 0 Å². The average Bonchev–Trinajstić information content (AvgIpc) is 3.04. The van der Waals surface area contributed by atoms with Crippen molar-refractivity contribution in [1.82, 2.24) is 10.2 Å². The molecule has 2 rings (SSSR count). The molecule has 1 aromatic rings. The Morgan fingerprint density at radius 1 is 1.57 bits per heavy atom. The Morgan fingerprint density at radius 3 is 2.95 bits per heavy atom. The minimum atomic E-state index is -0.445. The number of carbonyl (C=O) groups excluding carboxylic acids is 1. The number of amides is 1. The Labute approximate surface area is 126 Å². The van der Waals surface area contributed by atoms with Crippen molar-refractivity contribution in [2.24, 2.45) is 0 Å². The molecule has 5 heteroatoms. The van der Waals surface area contributed by atoms with E-state index in [9.17, 15) is 4.79 Å². The van der Waals surface area contributed by atoms with Gasteiger partial charge in [-0.15, -0.1) is 0 Å². The fourth-order valence-corrected chi connectivity index (χ4v) is 2.56. The highest BCUT2D eigenvalue weighted by Crippen LogP contribution is 2.21. The zero-order chi connectivity index (χ0) is 15.5. The fourth-order valence-electron chi connectivity index (χ4n) is 2.56. The van der Waals surface area contributed by atoms with Gasteiger partial charge in [0.1, 0.15) is 11.4 Å². The standard InChI is InChI=1S/C16H26N2O3/c1-12(14-8-6-10-20-14)17-11-13-7-5-9-18(13)15(19)21-16(2,3)4/h6,8,10,12-13,17H,5,7,9,11H2,1-4H3/t12-,13-/m1/s1. The van der Waals surface area contributed by atoms with Crippen LogP contribution in [0.15, 0.2) is 22.8 Å².